The molecule has 0 bridgehead atoms. The zero-order valence-electron chi connectivity index (χ0n) is 51.1. The van der Waals surface area contributed by atoms with Crippen molar-refractivity contribution in [3.8, 4) is 89.4 Å². The van der Waals surface area contributed by atoms with E-state index in [-0.39, 0.29) is 28.4 Å². The number of rotatable bonds is 16. The average molecular weight is 1220 g/mol. The lowest BCUT2D eigenvalue weighted by molar-refractivity contribution is 0.151. The molecule has 0 amide bonds. The Kier molecular flexibility index (Phi) is 15.8. The molecule has 0 aliphatic heterocycles. The highest BCUT2D eigenvalue weighted by molar-refractivity contribution is 5.92. The van der Waals surface area contributed by atoms with Crippen molar-refractivity contribution in [2.75, 3.05) is 9.80 Å². The lowest BCUT2D eigenvalue weighted by Crippen LogP contribution is -2.33. The summed E-state index contributed by atoms with van der Waals surface area (Å²) in [5.74, 6) is -1.39. The molecule has 0 spiro atoms. The zero-order valence-corrected chi connectivity index (χ0v) is 51.1. The summed E-state index contributed by atoms with van der Waals surface area (Å²) in [4.78, 5) is 22.2. The van der Waals surface area contributed by atoms with Crippen molar-refractivity contribution in [2.24, 2.45) is 0 Å². The maximum Gasteiger partial charge on any atom is 0.125 e. The van der Waals surface area contributed by atoms with Crippen LogP contribution < -0.4 is 9.80 Å². The zero-order chi connectivity index (χ0) is 63.5. The van der Waals surface area contributed by atoms with Crippen molar-refractivity contribution in [3.05, 3.63) is 339 Å². The van der Waals surface area contributed by atoms with Crippen molar-refractivity contribution in [2.45, 2.75) is 24.9 Å². The van der Waals surface area contributed by atoms with Crippen molar-refractivity contribution in [3.63, 3.8) is 0 Å². The first-order valence-electron chi connectivity index (χ1n) is 31.4. The van der Waals surface area contributed by atoms with Crippen LogP contribution in [0.15, 0.2) is 322 Å². The van der Waals surface area contributed by atoms with Gasteiger partial charge in [0.2, 0.25) is 0 Å². The van der Waals surface area contributed by atoms with Gasteiger partial charge < -0.3 is 30.2 Å². The quantitative estimate of drug-likeness (QED) is 0.0740. The molecule has 10 nitrogen and oxygen atoms in total. The number of aliphatic hydroxyl groups excluding tert-OH is 2. The lowest BCUT2D eigenvalue weighted by Gasteiger charge is -2.37. The second-order valence-corrected chi connectivity index (χ2v) is 23.4. The smallest absolute Gasteiger partial charge is 0.125 e. The monoisotopic (exact) mass is 1220 g/mol. The van der Waals surface area contributed by atoms with Gasteiger partial charge >= 0.3 is 0 Å². The summed E-state index contributed by atoms with van der Waals surface area (Å²) < 4.78 is 0. The van der Waals surface area contributed by atoms with Crippen LogP contribution in [0.25, 0.3) is 89.0 Å². The van der Waals surface area contributed by atoms with E-state index in [1.807, 2.05) is 135 Å². The molecule has 2 aliphatic carbocycles. The van der Waals surface area contributed by atoms with Crippen molar-refractivity contribution >= 4 is 45.3 Å². The van der Waals surface area contributed by atoms with E-state index in [9.17, 15) is 20.4 Å². The number of phenols is 2. The molecule has 10 heteroatoms. The third kappa shape index (κ3) is 11.2. The van der Waals surface area contributed by atoms with Crippen LogP contribution >= 0.6 is 0 Å². The van der Waals surface area contributed by atoms with E-state index in [0.717, 1.165) is 119 Å². The highest BCUT2D eigenvalue weighted by Crippen LogP contribution is 2.53. The number of pyridine rings is 4. The summed E-state index contributed by atoms with van der Waals surface area (Å²) in [6.07, 6.45) is 22.3. The third-order valence-corrected chi connectivity index (χ3v) is 17.9. The summed E-state index contributed by atoms with van der Waals surface area (Å²) in [5, 5.41) is 48.5. The normalized spacial score (nSPS) is 14.2. The Bertz CT molecular complexity index is 4870. The number of hydrogen-bond acceptors (Lipinski definition) is 10. The van der Waals surface area contributed by atoms with Gasteiger partial charge in [-0.3, -0.25) is 19.9 Å². The van der Waals surface area contributed by atoms with E-state index in [4.69, 9.17) is 0 Å². The topological polar surface area (TPSA) is 139 Å². The summed E-state index contributed by atoms with van der Waals surface area (Å²) in [6.45, 7) is 0. The third-order valence-electron chi connectivity index (χ3n) is 17.9. The number of aliphatic hydroxyl groups is 2. The Hall–Kier alpha value is -12.2. The molecule has 0 saturated heterocycles. The van der Waals surface area contributed by atoms with E-state index >= 15 is 0 Å². The fourth-order valence-corrected chi connectivity index (χ4v) is 13.2. The van der Waals surface area contributed by atoms with Gasteiger partial charge in [-0.25, -0.2) is 0 Å². The van der Waals surface area contributed by atoms with Crippen LogP contribution in [0, 0.1) is 0 Å². The van der Waals surface area contributed by atoms with Crippen LogP contribution in [0.4, 0.5) is 34.1 Å². The number of nitrogens with zero attached hydrogens (tertiary/aromatic N) is 6. The van der Waals surface area contributed by atoms with Gasteiger partial charge in [0, 0.05) is 135 Å². The van der Waals surface area contributed by atoms with E-state index in [1.165, 1.54) is 5.57 Å². The number of aromatic nitrogens is 4. The number of benzene rings is 9. The van der Waals surface area contributed by atoms with Gasteiger partial charge in [0.25, 0.3) is 0 Å². The maximum absolute atomic E-state index is 12.1. The number of allylic oxidation sites excluding steroid dienone is 4. The highest BCUT2D eigenvalue weighted by atomic mass is 16.3. The van der Waals surface area contributed by atoms with Crippen LogP contribution in [0.2, 0.25) is 0 Å². The Balaban J connectivity index is 0.754. The summed E-state index contributed by atoms with van der Waals surface area (Å²) >= 11 is 0. The molecule has 2 atom stereocenters. The largest absolute Gasteiger partial charge is 0.511 e. The van der Waals surface area contributed by atoms with Gasteiger partial charge in [0.15, 0.2) is 0 Å². The first kappa shape index (κ1) is 58.2. The summed E-state index contributed by atoms with van der Waals surface area (Å²) in [5.41, 5.74) is 22.1. The second kappa shape index (κ2) is 25.6. The molecular formula is C84H62N6O4. The summed E-state index contributed by atoms with van der Waals surface area (Å²) in [7, 11) is 0. The molecule has 452 valence electrons. The average Bonchev–Trinajstić information content (AvgIpc) is 0.742. The molecule has 0 radical (unpaired) electrons. The van der Waals surface area contributed by atoms with Crippen LogP contribution in [0.1, 0.15) is 35.4 Å². The van der Waals surface area contributed by atoms with E-state index in [2.05, 4.69) is 187 Å². The fraction of sp³-hybridized carbons (Fsp3) is 0.0476. The molecule has 15 rings (SSSR count). The van der Waals surface area contributed by atoms with Crippen LogP contribution in [-0.4, -0.2) is 46.5 Å². The van der Waals surface area contributed by atoms with Gasteiger partial charge in [0.05, 0.1) is 12.0 Å². The number of aromatic hydroxyl groups is 2. The molecule has 9 aromatic carbocycles. The molecular weight excluding hydrogens is 1160 g/mol. The van der Waals surface area contributed by atoms with Gasteiger partial charge in [-0.2, -0.15) is 0 Å². The maximum atomic E-state index is 12.1. The minimum Gasteiger partial charge on any atom is -0.511 e. The van der Waals surface area contributed by atoms with Crippen molar-refractivity contribution in [1.82, 2.24) is 19.9 Å². The lowest BCUT2D eigenvalue weighted by atomic mass is 9.73. The van der Waals surface area contributed by atoms with Gasteiger partial charge in [0.1, 0.15) is 17.3 Å². The number of hydrogen-bond donors (Lipinski definition) is 4. The van der Waals surface area contributed by atoms with E-state index in [1.54, 1.807) is 24.3 Å². The molecule has 4 aromatic heterocycles. The molecule has 94 heavy (non-hydrogen) atoms. The Morgan fingerprint density at radius 1 is 0.319 bits per heavy atom. The van der Waals surface area contributed by atoms with E-state index in [0.29, 0.717) is 16.9 Å². The number of phenolic OH excluding ortho intramolecular Hbond substituents is 2. The molecule has 1 unspecified atom stereocenters. The first-order chi connectivity index (χ1) is 46.3. The standard InChI is InChI=1S/C84H62N6O4/c91-79-49-67(89(63-29-21-59(22-30-63)75-51-85-45-41-69(75)55-13-5-1-6-14-55)64-31-23-60(24-32-64)76-52-86-46-42-70(76)56-15-7-2-8-16-56)37-39-73(79)81-83(93)82(84(81)94)74-40-38-68(50-80(74)92)90(65-33-25-61(26-34-65)77-53-87-47-43-71(77)57-17-9-3-10-18-57)66-35-27-62(28-36-66)78-54-88-48-44-72(78)58-19-11-4-12-20-58/h1-3,5-11,13-54,82-83,91-94H,4,12H2/t82?,83-/m1/s1. The predicted octanol–water partition coefficient (Wildman–Crippen LogP) is 20.4. The predicted molar refractivity (Wildman–Crippen MR) is 379 cm³/mol. The molecule has 13 aromatic rings. The SMILES string of the molecule is OC1=C(c2ccc(N(c3ccc(-c4cnccc4-c4ccccc4)cc3)c3ccc(-c4cnccc4-c4ccccc4)cc3)cc2O)[C@@H](O)C1c1ccc(N(c2ccc(-c3cnccc3C3=CCCC=C3)cc2)c2ccc(-c3cnccc3-c3ccccc3)cc2)cc1O. The van der Waals surface area contributed by atoms with Gasteiger partial charge in [-0.15, -0.1) is 0 Å². The first-order valence-corrected chi connectivity index (χ1v) is 31.4. The van der Waals surface area contributed by atoms with Crippen LogP contribution in [0.5, 0.6) is 11.5 Å². The molecule has 0 fully saturated rings. The number of anilines is 6. The van der Waals surface area contributed by atoms with Gasteiger partial charge in [-0.1, -0.05) is 164 Å². The minimum absolute atomic E-state index is 0.117. The molecule has 0 saturated carbocycles. The van der Waals surface area contributed by atoms with Gasteiger partial charge in [-0.05, 0) is 171 Å². The Morgan fingerprint density at radius 3 is 1.03 bits per heavy atom. The minimum atomic E-state index is -1.27. The highest BCUT2D eigenvalue weighted by Gasteiger charge is 2.44. The fourth-order valence-electron chi connectivity index (χ4n) is 13.2. The summed E-state index contributed by atoms with van der Waals surface area (Å²) in [6, 6.07) is 82.7. The van der Waals surface area contributed by atoms with Crippen LogP contribution in [0.3, 0.4) is 0 Å². The Morgan fingerprint density at radius 2 is 0.670 bits per heavy atom. The second-order valence-electron chi connectivity index (χ2n) is 23.4. The molecule has 2 aliphatic rings. The van der Waals surface area contributed by atoms with E-state index < -0.39 is 12.0 Å². The van der Waals surface area contributed by atoms with Crippen molar-refractivity contribution in [1.29, 1.82) is 0 Å². The van der Waals surface area contributed by atoms with Crippen molar-refractivity contribution < 1.29 is 20.4 Å². The molecule has 4 N–H and O–H groups in total. The Labute approximate surface area is 545 Å². The molecule has 4 heterocycles. The van der Waals surface area contributed by atoms with Crippen LogP contribution in [-0.2, 0) is 0 Å².